The number of nitrogens with one attached hydrogen (secondary N) is 2. The van der Waals surface area contributed by atoms with Gasteiger partial charge in [0.15, 0.2) is 0 Å². The molecule has 1 unspecified atom stereocenters. The lowest BCUT2D eigenvalue weighted by atomic mass is 9.93. The van der Waals surface area contributed by atoms with Crippen molar-refractivity contribution < 1.29 is 24.6 Å². The zero-order chi connectivity index (χ0) is 24.4. The Hall–Kier alpha value is -0.790. The van der Waals surface area contributed by atoms with Crippen molar-refractivity contribution in [2.24, 2.45) is 0 Å². The van der Waals surface area contributed by atoms with Crippen molar-refractivity contribution in [3.05, 3.63) is 26.6 Å². The lowest BCUT2D eigenvalue weighted by Gasteiger charge is -2.26. The summed E-state index contributed by atoms with van der Waals surface area (Å²) in [4.78, 5) is 32.5. The third-order valence-corrected chi connectivity index (χ3v) is 8.23. The second-order valence-electron chi connectivity index (χ2n) is 7.81. The second-order valence-corrected chi connectivity index (χ2v) is 11.7. The standard InChI is InChI=1S/C13H18Br2N2O.C8H11NO4S2/c14-9-5-8(13(16)12(15)6-9)7-17-10-1-3-11(18)4-2-10;10-6(3-14-4-7(11)12)9-5-1-2-15-8(5)13/h5-6,10-11,17-18H,1-4,7,16H2;5H,1-4H2,(H,9,10)(H,11,12). The summed E-state index contributed by atoms with van der Waals surface area (Å²) in [5.41, 5.74) is 7.93. The first kappa shape index (κ1) is 28.4. The number of aliphatic hydroxyl groups is 1. The van der Waals surface area contributed by atoms with Gasteiger partial charge in [-0.05, 0) is 65.7 Å². The zero-order valence-corrected chi connectivity index (χ0v) is 22.8. The Morgan fingerprint density at radius 3 is 2.45 bits per heavy atom. The highest BCUT2D eigenvalue weighted by Crippen LogP contribution is 2.28. The molecule has 1 aliphatic heterocycles. The highest BCUT2D eigenvalue weighted by molar-refractivity contribution is 9.11. The Balaban J connectivity index is 0.000000238. The Labute approximate surface area is 218 Å². The number of anilines is 1. The van der Waals surface area contributed by atoms with E-state index in [-0.39, 0.29) is 34.7 Å². The number of carboxylic acid groups (broad SMARTS) is 1. The molecule has 1 amide bonds. The first-order valence-corrected chi connectivity index (χ1v) is 14.3. The van der Waals surface area contributed by atoms with Gasteiger partial charge in [-0.25, -0.2) is 0 Å². The molecule has 8 nitrogen and oxygen atoms in total. The van der Waals surface area contributed by atoms with Crippen LogP contribution in [0.4, 0.5) is 5.69 Å². The van der Waals surface area contributed by atoms with E-state index in [0.29, 0.717) is 12.5 Å². The van der Waals surface area contributed by atoms with E-state index >= 15 is 0 Å². The molecule has 12 heteroatoms. The average Bonchev–Trinajstić information content (AvgIpc) is 3.15. The van der Waals surface area contributed by atoms with E-state index < -0.39 is 5.97 Å². The van der Waals surface area contributed by atoms with Crippen molar-refractivity contribution in [3.8, 4) is 0 Å². The van der Waals surface area contributed by atoms with Gasteiger partial charge in [-0.1, -0.05) is 27.7 Å². The van der Waals surface area contributed by atoms with Gasteiger partial charge in [0.1, 0.15) is 0 Å². The van der Waals surface area contributed by atoms with Crippen LogP contribution >= 0.6 is 55.4 Å². The Bertz CT molecular complexity index is 838. The number of hydrogen-bond acceptors (Lipinski definition) is 8. The van der Waals surface area contributed by atoms with E-state index in [2.05, 4.69) is 42.5 Å². The lowest BCUT2D eigenvalue weighted by molar-refractivity contribution is -0.133. The molecular formula is C21H29Br2N3O5S2. The predicted molar refractivity (Wildman–Crippen MR) is 140 cm³/mol. The van der Waals surface area contributed by atoms with Crippen LogP contribution in [0.5, 0.6) is 0 Å². The molecule has 184 valence electrons. The van der Waals surface area contributed by atoms with Gasteiger partial charge in [0.2, 0.25) is 11.0 Å². The number of carbonyl (C=O) groups is 3. The summed E-state index contributed by atoms with van der Waals surface area (Å²) < 4.78 is 1.95. The smallest absolute Gasteiger partial charge is 0.313 e. The van der Waals surface area contributed by atoms with Crippen molar-refractivity contribution >= 4 is 78.1 Å². The molecule has 1 heterocycles. The molecule has 3 rings (SSSR count). The van der Waals surface area contributed by atoms with Gasteiger partial charge < -0.3 is 26.6 Å². The Kier molecular flexibility index (Phi) is 12.6. The summed E-state index contributed by atoms with van der Waals surface area (Å²) in [6, 6.07) is 4.11. The van der Waals surface area contributed by atoms with Crippen LogP contribution in [0, 0.1) is 0 Å². The SMILES string of the molecule is Nc1c(Br)cc(Br)cc1CNC1CCC(O)CC1.O=C(O)CSCC(=O)NC1CCSC1=O. The Morgan fingerprint density at radius 1 is 1.15 bits per heavy atom. The highest BCUT2D eigenvalue weighted by Gasteiger charge is 2.26. The van der Waals surface area contributed by atoms with E-state index in [4.69, 9.17) is 10.8 Å². The average molecular weight is 627 g/mol. The van der Waals surface area contributed by atoms with Crippen molar-refractivity contribution in [1.29, 1.82) is 0 Å². The molecular weight excluding hydrogens is 598 g/mol. The molecule has 1 aromatic rings. The van der Waals surface area contributed by atoms with E-state index in [1.807, 2.05) is 12.1 Å². The summed E-state index contributed by atoms with van der Waals surface area (Å²) in [5, 5.41) is 23.9. The molecule has 2 fully saturated rings. The topological polar surface area (TPSA) is 142 Å². The van der Waals surface area contributed by atoms with Gasteiger partial charge >= 0.3 is 5.97 Å². The number of benzene rings is 1. The second kappa shape index (κ2) is 14.6. The van der Waals surface area contributed by atoms with Gasteiger partial charge in [0.25, 0.3) is 0 Å². The molecule has 0 radical (unpaired) electrons. The fourth-order valence-electron chi connectivity index (χ4n) is 3.41. The largest absolute Gasteiger partial charge is 0.481 e. The maximum atomic E-state index is 11.2. The minimum Gasteiger partial charge on any atom is -0.481 e. The van der Waals surface area contributed by atoms with Gasteiger partial charge in [-0.15, -0.1) is 11.8 Å². The lowest BCUT2D eigenvalue weighted by Crippen LogP contribution is -2.38. The third kappa shape index (κ3) is 10.6. The minimum absolute atomic E-state index is 0.00779. The van der Waals surface area contributed by atoms with E-state index in [1.54, 1.807) is 0 Å². The number of aliphatic carboxylic acids is 1. The molecule has 33 heavy (non-hydrogen) atoms. The fraction of sp³-hybridized carbons (Fsp3) is 0.571. The maximum Gasteiger partial charge on any atom is 0.313 e. The van der Waals surface area contributed by atoms with Crippen LogP contribution in [0.25, 0.3) is 0 Å². The minimum atomic E-state index is -0.944. The Morgan fingerprint density at radius 2 is 1.85 bits per heavy atom. The van der Waals surface area contributed by atoms with Gasteiger partial charge in [0.05, 0.1) is 29.3 Å². The van der Waals surface area contributed by atoms with Crippen LogP contribution in [0.3, 0.4) is 0 Å². The first-order valence-electron chi connectivity index (χ1n) is 10.6. The molecule has 1 atom stereocenters. The molecule has 2 aliphatic rings. The zero-order valence-electron chi connectivity index (χ0n) is 18.0. The number of thioether (sulfide) groups is 2. The number of carbonyl (C=O) groups excluding carboxylic acids is 2. The summed E-state index contributed by atoms with van der Waals surface area (Å²) >= 11 is 9.18. The maximum absolute atomic E-state index is 11.2. The number of hydrogen-bond donors (Lipinski definition) is 5. The monoisotopic (exact) mass is 625 g/mol. The molecule has 1 saturated carbocycles. The summed E-state index contributed by atoms with van der Waals surface area (Å²) in [7, 11) is 0. The molecule has 0 bridgehead atoms. The van der Waals surface area contributed by atoms with Crippen molar-refractivity contribution in [3.63, 3.8) is 0 Å². The summed E-state index contributed by atoms with van der Waals surface area (Å²) in [6.45, 7) is 0.768. The van der Waals surface area contributed by atoms with Gasteiger partial charge in [-0.3, -0.25) is 14.4 Å². The molecule has 0 spiro atoms. The van der Waals surface area contributed by atoms with Crippen LogP contribution in [0.1, 0.15) is 37.7 Å². The van der Waals surface area contributed by atoms with Gasteiger partial charge in [-0.2, -0.15) is 0 Å². The van der Waals surface area contributed by atoms with Crippen molar-refractivity contribution in [1.82, 2.24) is 10.6 Å². The van der Waals surface area contributed by atoms with Gasteiger partial charge in [0, 0.05) is 27.3 Å². The first-order chi connectivity index (χ1) is 15.7. The number of carboxylic acids is 1. The van der Waals surface area contributed by atoms with E-state index in [9.17, 15) is 19.5 Å². The molecule has 1 aliphatic carbocycles. The van der Waals surface area contributed by atoms with E-state index in [0.717, 1.165) is 69.9 Å². The number of aliphatic hydroxyl groups excluding tert-OH is 1. The normalized spacial score (nSPS) is 22.4. The number of rotatable bonds is 8. The van der Waals surface area contributed by atoms with Crippen molar-refractivity contribution in [2.45, 2.75) is 56.8 Å². The van der Waals surface area contributed by atoms with Crippen LogP contribution in [0.15, 0.2) is 21.1 Å². The summed E-state index contributed by atoms with van der Waals surface area (Å²) in [6.07, 6.45) is 4.43. The molecule has 1 saturated heterocycles. The summed E-state index contributed by atoms with van der Waals surface area (Å²) in [5.74, 6) is -0.490. The number of nitrogens with two attached hydrogens (primary N) is 1. The van der Waals surface area contributed by atoms with E-state index in [1.165, 1.54) is 11.8 Å². The van der Waals surface area contributed by atoms with Crippen LogP contribution in [0.2, 0.25) is 0 Å². The van der Waals surface area contributed by atoms with Crippen LogP contribution < -0.4 is 16.4 Å². The molecule has 0 aromatic heterocycles. The van der Waals surface area contributed by atoms with Crippen molar-refractivity contribution in [2.75, 3.05) is 23.0 Å². The predicted octanol–water partition coefficient (Wildman–Crippen LogP) is 3.14. The number of nitrogen functional groups attached to an aromatic ring is 1. The van der Waals surface area contributed by atoms with Crippen LogP contribution in [-0.4, -0.2) is 62.7 Å². The number of amides is 1. The fourth-order valence-corrected chi connectivity index (χ4v) is 6.20. The highest BCUT2D eigenvalue weighted by atomic mass is 79.9. The van der Waals surface area contributed by atoms with Crippen LogP contribution in [-0.2, 0) is 20.9 Å². The number of halogens is 2. The molecule has 6 N–H and O–H groups in total. The molecule has 1 aromatic carbocycles. The third-order valence-electron chi connectivity index (χ3n) is 5.19. The quantitative estimate of drug-likeness (QED) is 0.275.